The Morgan fingerprint density at radius 2 is 0.914 bits per heavy atom. The molecule has 0 bridgehead atoms. The molecule has 0 amide bonds. The molecule has 0 spiro atoms. The van der Waals surface area contributed by atoms with Crippen LogP contribution in [0.3, 0.4) is 0 Å². The summed E-state index contributed by atoms with van der Waals surface area (Å²) in [5.74, 6) is 2.23. The molecule has 0 aliphatic rings. The number of rotatable bonds is 26. The van der Waals surface area contributed by atoms with Crippen LogP contribution >= 0.6 is 0 Å². The van der Waals surface area contributed by atoms with Crippen LogP contribution in [0.2, 0.25) is 0 Å². The number of imidazole rings is 1. The first kappa shape index (κ1) is 32.2. The molecule has 1 unspecified atom stereocenters. The van der Waals surface area contributed by atoms with Crippen molar-refractivity contribution in [2.45, 2.75) is 194 Å². The maximum Gasteiger partial charge on any atom is 0.257 e. The Hall–Kier alpha value is -0.790. The normalized spacial score (nSPS) is 12.6. The standard InChI is InChI=1S/C33H64N2/c1-5-8-11-14-15-16-17-18-19-20-21-22-23-26-31(4)35-30-29-34-33(35)32(27-24-12-9-6-2)28-25-13-10-7-3/h29-32H,5-28H2,1-4H3/p+1. The Labute approximate surface area is 221 Å². The molecule has 2 heteroatoms. The van der Waals surface area contributed by atoms with Gasteiger partial charge in [0.2, 0.25) is 0 Å². The van der Waals surface area contributed by atoms with Gasteiger partial charge in [-0.2, -0.15) is 0 Å². The van der Waals surface area contributed by atoms with Crippen LogP contribution in [-0.2, 0) is 0 Å². The maximum absolute atomic E-state index is 3.68. The molecule has 1 N–H and O–H groups in total. The molecule has 0 radical (unpaired) electrons. The average Bonchev–Trinajstić information content (AvgIpc) is 3.36. The molecular weight excluding hydrogens is 424 g/mol. The van der Waals surface area contributed by atoms with E-state index >= 15 is 0 Å². The zero-order valence-corrected chi connectivity index (χ0v) is 24.7. The third-order valence-electron chi connectivity index (χ3n) is 8.14. The third-order valence-corrected chi connectivity index (χ3v) is 8.14. The highest BCUT2D eigenvalue weighted by atomic mass is 15.1. The minimum absolute atomic E-state index is 0.623. The van der Waals surface area contributed by atoms with Crippen molar-refractivity contribution >= 4 is 0 Å². The summed E-state index contributed by atoms with van der Waals surface area (Å²) in [5.41, 5.74) is 0. The van der Waals surface area contributed by atoms with Gasteiger partial charge in [-0.3, -0.25) is 0 Å². The SMILES string of the molecule is CCCCCCCCCCCCCCCC(C)[n+]1cc[nH]c1C(CCCCCC)CCCCCC. The van der Waals surface area contributed by atoms with Gasteiger partial charge in [-0.05, 0) is 32.6 Å². The molecule has 0 saturated carbocycles. The first-order valence-corrected chi connectivity index (χ1v) is 16.3. The van der Waals surface area contributed by atoms with E-state index in [1.54, 1.807) is 0 Å². The summed E-state index contributed by atoms with van der Waals surface area (Å²) >= 11 is 0. The van der Waals surface area contributed by atoms with Crippen molar-refractivity contribution in [2.75, 3.05) is 0 Å². The minimum atomic E-state index is 0.623. The number of aromatic nitrogens is 2. The van der Waals surface area contributed by atoms with Crippen LogP contribution in [0.25, 0.3) is 0 Å². The second kappa shape index (κ2) is 23.6. The molecule has 0 aromatic carbocycles. The van der Waals surface area contributed by atoms with Crippen LogP contribution in [0, 0.1) is 0 Å². The van der Waals surface area contributed by atoms with E-state index in [2.05, 4.69) is 49.6 Å². The average molecular weight is 490 g/mol. The summed E-state index contributed by atoms with van der Waals surface area (Å²) in [7, 11) is 0. The molecule has 1 aromatic rings. The van der Waals surface area contributed by atoms with E-state index in [4.69, 9.17) is 0 Å². The Morgan fingerprint density at radius 3 is 1.37 bits per heavy atom. The second-order valence-electron chi connectivity index (χ2n) is 11.5. The van der Waals surface area contributed by atoms with Crippen molar-refractivity contribution in [3.05, 3.63) is 18.2 Å². The van der Waals surface area contributed by atoms with E-state index in [9.17, 15) is 0 Å². The molecule has 0 saturated heterocycles. The van der Waals surface area contributed by atoms with E-state index in [0.717, 1.165) is 0 Å². The van der Waals surface area contributed by atoms with Gasteiger partial charge in [0.25, 0.3) is 5.82 Å². The van der Waals surface area contributed by atoms with Crippen LogP contribution in [0.5, 0.6) is 0 Å². The molecule has 1 aromatic heterocycles. The Morgan fingerprint density at radius 1 is 0.543 bits per heavy atom. The number of H-pyrrole nitrogens is 1. The van der Waals surface area contributed by atoms with Crippen LogP contribution in [-0.4, -0.2) is 4.98 Å². The highest BCUT2D eigenvalue weighted by molar-refractivity contribution is 4.90. The third kappa shape index (κ3) is 16.6. The van der Waals surface area contributed by atoms with Crippen molar-refractivity contribution < 1.29 is 4.57 Å². The summed E-state index contributed by atoms with van der Waals surface area (Å²) in [6.07, 6.45) is 38.3. The van der Waals surface area contributed by atoms with Crippen LogP contribution in [0.1, 0.15) is 200 Å². The molecule has 206 valence electrons. The highest BCUT2D eigenvalue weighted by Crippen LogP contribution is 2.27. The van der Waals surface area contributed by atoms with Gasteiger partial charge in [0.05, 0.1) is 12.0 Å². The number of hydrogen-bond donors (Lipinski definition) is 1. The van der Waals surface area contributed by atoms with Gasteiger partial charge in [0.15, 0.2) is 0 Å². The Kier molecular flexibility index (Phi) is 21.7. The second-order valence-corrected chi connectivity index (χ2v) is 11.5. The zero-order chi connectivity index (χ0) is 25.4. The lowest BCUT2D eigenvalue weighted by molar-refractivity contribution is -0.727. The van der Waals surface area contributed by atoms with E-state index in [1.165, 1.54) is 160 Å². The number of unbranched alkanes of at least 4 members (excludes halogenated alkanes) is 18. The molecule has 2 nitrogen and oxygen atoms in total. The summed E-state index contributed by atoms with van der Waals surface area (Å²) in [6, 6.07) is 0.623. The number of aromatic amines is 1. The lowest BCUT2D eigenvalue weighted by atomic mass is 9.93. The van der Waals surface area contributed by atoms with E-state index < -0.39 is 0 Å². The molecule has 35 heavy (non-hydrogen) atoms. The van der Waals surface area contributed by atoms with Gasteiger partial charge in [0, 0.05) is 0 Å². The van der Waals surface area contributed by atoms with Crippen molar-refractivity contribution in [1.29, 1.82) is 0 Å². The van der Waals surface area contributed by atoms with Crippen molar-refractivity contribution in [1.82, 2.24) is 4.98 Å². The van der Waals surface area contributed by atoms with Gasteiger partial charge in [-0.15, -0.1) is 0 Å². The van der Waals surface area contributed by atoms with Crippen LogP contribution in [0.4, 0.5) is 0 Å². The van der Waals surface area contributed by atoms with Crippen LogP contribution < -0.4 is 4.57 Å². The number of hydrogen-bond acceptors (Lipinski definition) is 0. The van der Waals surface area contributed by atoms with Crippen molar-refractivity contribution in [2.24, 2.45) is 0 Å². The summed E-state index contributed by atoms with van der Waals surface area (Å²) in [5, 5.41) is 0. The Bertz CT molecular complexity index is 537. The minimum Gasteiger partial charge on any atom is -0.247 e. The predicted octanol–water partition coefficient (Wildman–Crippen LogP) is 11.4. The predicted molar refractivity (Wildman–Crippen MR) is 156 cm³/mol. The molecular formula is C33H65N2+. The van der Waals surface area contributed by atoms with Gasteiger partial charge >= 0.3 is 0 Å². The summed E-state index contributed by atoms with van der Waals surface area (Å²) in [6.45, 7) is 9.39. The highest BCUT2D eigenvalue weighted by Gasteiger charge is 2.25. The number of nitrogens with zero attached hydrogens (tertiary/aromatic N) is 1. The smallest absolute Gasteiger partial charge is 0.247 e. The molecule has 0 aliphatic carbocycles. The fourth-order valence-corrected chi connectivity index (χ4v) is 5.72. The van der Waals surface area contributed by atoms with Crippen molar-refractivity contribution in [3.8, 4) is 0 Å². The van der Waals surface area contributed by atoms with Crippen molar-refractivity contribution in [3.63, 3.8) is 0 Å². The summed E-state index contributed by atoms with van der Waals surface area (Å²) in [4.78, 5) is 3.68. The molecule has 0 fully saturated rings. The first-order valence-electron chi connectivity index (χ1n) is 16.3. The van der Waals surface area contributed by atoms with E-state index in [-0.39, 0.29) is 0 Å². The summed E-state index contributed by atoms with van der Waals surface area (Å²) < 4.78 is 2.60. The monoisotopic (exact) mass is 490 g/mol. The van der Waals surface area contributed by atoms with Gasteiger partial charge in [0.1, 0.15) is 12.4 Å². The molecule has 1 heterocycles. The lowest BCUT2D eigenvalue weighted by Crippen LogP contribution is -2.41. The fraction of sp³-hybridized carbons (Fsp3) is 0.909. The lowest BCUT2D eigenvalue weighted by Gasteiger charge is -2.17. The van der Waals surface area contributed by atoms with Gasteiger partial charge in [-0.25, -0.2) is 9.55 Å². The Balaban J connectivity index is 2.28. The van der Waals surface area contributed by atoms with Gasteiger partial charge < -0.3 is 0 Å². The molecule has 0 aliphatic heterocycles. The van der Waals surface area contributed by atoms with E-state index in [0.29, 0.717) is 12.0 Å². The molecule has 1 atom stereocenters. The largest absolute Gasteiger partial charge is 0.257 e. The zero-order valence-electron chi connectivity index (χ0n) is 24.7. The fourth-order valence-electron chi connectivity index (χ4n) is 5.72. The van der Waals surface area contributed by atoms with E-state index in [1.807, 2.05) is 0 Å². The van der Waals surface area contributed by atoms with Crippen LogP contribution in [0.15, 0.2) is 12.4 Å². The van der Waals surface area contributed by atoms with Gasteiger partial charge in [-0.1, -0.05) is 149 Å². The molecule has 1 rings (SSSR count). The first-order chi connectivity index (χ1) is 17.2. The maximum atomic E-state index is 3.68. The topological polar surface area (TPSA) is 19.7 Å². The quantitative estimate of drug-likeness (QED) is 0.0985. The number of nitrogens with one attached hydrogen (secondary N) is 1.